The molecule has 106 valence electrons. The van der Waals surface area contributed by atoms with Crippen molar-refractivity contribution in [3.8, 4) is 6.07 Å². The zero-order chi connectivity index (χ0) is 15.4. The normalized spacial score (nSPS) is 8.20. The summed E-state index contributed by atoms with van der Waals surface area (Å²) in [5.74, 6) is 0. The van der Waals surface area contributed by atoms with E-state index >= 15 is 0 Å². The number of aryl methyl sites for hydroxylation is 1. The number of nitrogens with zero attached hydrogens (tertiary/aromatic N) is 1. The zero-order valence-corrected chi connectivity index (χ0v) is 13.1. The molecule has 0 saturated carbocycles. The zero-order valence-electron chi connectivity index (χ0n) is 13.1. The molecule has 0 heterocycles. The van der Waals surface area contributed by atoms with Crippen molar-refractivity contribution in [2.24, 2.45) is 0 Å². The van der Waals surface area contributed by atoms with Gasteiger partial charge in [0.25, 0.3) is 0 Å². The summed E-state index contributed by atoms with van der Waals surface area (Å²) in [6.07, 6.45) is 0. The van der Waals surface area contributed by atoms with Gasteiger partial charge in [-0.05, 0) is 43.3 Å². The summed E-state index contributed by atoms with van der Waals surface area (Å²) in [4.78, 5) is 0. The third-order valence-electron chi connectivity index (χ3n) is 2.35. The number of hydrogen-bond donors (Lipinski definition) is 1. The minimum atomic E-state index is 0.675. The Morgan fingerprint density at radius 3 is 1.55 bits per heavy atom. The van der Waals surface area contributed by atoms with Crippen LogP contribution in [0.4, 0.5) is 11.4 Å². The first-order valence-electron chi connectivity index (χ1n) is 7.12. The van der Waals surface area contributed by atoms with Crippen LogP contribution in [0.1, 0.15) is 38.8 Å². The summed E-state index contributed by atoms with van der Waals surface area (Å²) in [5.41, 5.74) is 3.96. The molecule has 0 saturated heterocycles. The molecular weight excluding hydrogens is 244 g/mol. The smallest absolute Gasteiger partial charge is 0.0991 e. The summed E-state index contributed by atoms with van der Waals surface area (Å²) in [6, 6.07) is 17.7. The van der Waals surface area contributed by atoms with Gasteiger partial charge in [0.05, 0.1) is 11.6 Å². The number of anilines is 2. The highest BCUT2D eigenvalue weighted by Crippen LogP contribution is 2.17. The molecule has 0 bridgehead atoms. The Kier molecular flexibility index (Phi) is 9.43. The Balaban J connectivity index is 0.000000829. The van der Waals surface area contributed by atoms with Gasteiger partial charge in [-0.25, -0.2) is 0 Å². The van der Waals surface area contributed by atoms with Crippen molar-refractivity contribution in [2.45, 2.75) is 34.6 Å². The number of nitrogens with one attached hydrogen (secondary N) is 1. The number of nitriles is 1. The lowest BCUT2D eigenvalue weighted by atomic mass is 10.2. The molecule has 0 aliphatic heterocycles. The van der Waals surface area contributed by atoms with E-state index < -0.39 is 0 Å². The highest BCUT2D eigenvalue weighted by Gasteiger charge is 1.94. The van der Waals surface area contributed by atoms with Gasteiger partial charge in [-0.1, -0.05) is 45.4 Å². The van der Waals surface area contributed by atoms with Gasteiger partial charge >= 0.3 is 0 Å². The molecule has 0 spiro atoms. The molecule has 0 aliphatic carbocycles. The molecule has 0 amide bonds. The number of rotatable bonds is 2. The average molecular weight is 268 g/mol. The molecule has 2 heteroatoms. The van der Waals surface area contributed by atoms with Crippen LogP contribution in [0.15, 0.2) is 48.5 Å². The van der Waals surface area contributed by atoms with Gasteiger partial charge < -0.3 is 5.32 Å². The Labute approximate surface area is 123 Å². The molecule has 0 fully saturated rings. The van der Waals surface area contributed by atoms with Gasteiger partial charge in [-0.2, -0.15) is 5.26 Å². The maximum absolute atomic E-state index is 8.68. The fourth-order valence-corrected chi connectivity index (χ4v) is 1.43. The van der Waals surface area contributed by atoms with Crippen LogP contribution >= 0.6 is 0 Å². The predicted octanol–water partition coefficient (Wildman–Crippen LogP) is 5.66. The van der Waals surface area contributed by atoms with Crippen molar-refractivity contribution in [1.82, 2.24) is 0 Å². The molecule has 2 rings (SSSR count). The Morgan fingerprint density at radius 1 is 0.750 bits per heavy atom. The number of benzene rings is 2. The summed E-state index contributed by atoms with van der Waals surface area (Å²) in [7, 11) is 0. The lowest BCUT2D eigenvalue weighted by molar-refractivity contribution is 1.45. The topological polar surface area (TPSA) is 35.8 Å². The molecule has 2 nitrogen and oxygen atoms in total. The second-order valence-corrected chi connectivity index (χ2v) is 3.68. The molecule has 1 N–H and O–H groups in total. The van der Waals surface area contributed by atoms with Crippen molar-refractivity contribution < 1.29 is 0 Å². The molecule has 2 aromatic carbocycles. The second kappa shape index (κ2) is 10.6. The van der Waals surface area contributed by atoms with E-state index in [0.29, 0.717) is 5.56 Å². The largest absolute Gasteiger partial charge is 0.356 e. The summed E-state index contributed by atoms with van der Waals surface area (Å²) in [6.45, 7) is 10.1. The van der Waals surface area contributed by atoms with Crippen LogP contribution in [0.5, 0.6) is 0 Å². The van der Waals surface area contributed by atoms with Gasteiger partial charge in [-0.3, -0.25) is 0 Å². The third-order valence-corrected chi connectivity index (χ3v) is 2.35. The van der Waals surface area contributed by atoms with Crippen molar-refractivity contribution >= 4 is 11.4 Å². The van der Waals surface area contributed by atoms with Gasteiger partial charge in [0.2, 0.25) is 0 Å². The van der Waals surface area contributed by atoms with Crippen molar-refractivity contribution in [3.63, 3.8) is 0 Å². The lowest BCUT2D eigenvalue weighted by Crippen LogP contribution is -1.89. The molecule has 0 radical (unpaired) electrons. The second-order valence-electron chi connectivity index (χ2n) is 3.68. The quantitative estimate of drug-likeness (QED) is 0.762. The van der Waals surface area contributed by atoms with Crippen molar-refractivity contribution in [3.05, 3.63) is 59.7 Å². The van der Waals surface area contributed by atoms with Crippen molar-refractivity contribution in [2.75, 3.05) is 5.32 Å². The van der Waals surface area contributed by atoms with Crippen LogP contribution in [0.2, 0.25) is 0 Å². The van der Waals surface area contributed by atoms with Crippen LogP contribution < -0.4 is 5.32 Å². The van der Waals surface area contributed by atoms with Gasteiger partial charge in [-0.15, -0.1) is 0 Å². The van der Waals surface area contributed by atoms with Crippen LogP contribution in [0, 0.1) is 18.3 Å². The molecule has 0 atom stereocenters. The Bertz CT molecular complexity index is 505. The monoisotopic (exact) mass is 268 g/mol. The van der Waals surface area contributed by atoms with E-state index in [1.54, 1.807) is 12.1 Å². The van der Waals surface area contributed by atoms with E-state index in [4.69, 9.17) is 5.26 Å². The SMILES string of the molecule is CC.CC.Cc1ccc(Nc2ccc(C#N)cc2)cc1. The maximum Gasteiger partial charge on any atom is 0.0991 e. The minimum absolute atomic E-state index is 0.675. The van der Waals surface area contributed by atoms with Gasteiger partial charge in [0.1, 0.15) is 0 Å². The molecule has 2 aromatic rings. The number of hydrogen-bond acceptors (Lipinski definition) is 2. The van der Waals surface area contributed by atoms with E-state index in [0.717, 1.165) is 11.4 Å². The molecule has 0 aromatic heterocycles. The first kappa shape index (κ1) is 17.7. The van der Waals surface area contributed by atoms with E-state index in [1.807, 2.05) is 52.0 Å². The van der Waals surface area contributed by atoms with Crippen LogP contribution in [-0.2, 0) is 0 Å². The van der Waals surface area contributed by atoms with Crippen molar-refractivity contribution in [1.29, 1.82) is 5.26 Å². The highest BCUT2D eigenvalue weighted by atomic mass is 14.9. The summed E-state index contributed by atoms with van der Waals surface area (Å²) >= 11 is 0. The minimum Gasteiger partial charge on any atom is -0.356 e. The standard InChI is InChI=1S/C14H12N2.2C2H6/c1-11-2-6-13(7-3-11)16-14-8-4-12(10-15)5-9-14;2*1-2/h2-9,16H,1H3;2*1-2H3. The third kappa shape index (κ3) is 6.06. The van der Waals surface area contributed by atoms with Gasteiger partial charge in [0.15, 0.2) is 0 Å². The lowest BCUT2D eigenvalue weighted by Gasteiger charge is -2.06. The molecule has 0 unspecified atom stereocenters. The Morgan fingerprint density at radius 2 is 1.15 bits per heavy atom. The molecular formula is C18H24N2. The van der Waals surface area contributed by atoms with Crippen LogP contribution in [0.3, 0.4) is 0 Å². The van der Waals surface area contributed by atoms with E-state index in [-0.39, 0.29) is 0 Å². The molecule has 20 heavy (non-hydrogen) atoms. The van der Waals surface area contributed by atoms with E-state index in [1.165, 1.54) is 5.56 Å². The molecule has 0 aliphatic rings. The first-order valence-corrected chi connectivity index (χ1v) is 7.12. The van der Waals surface area contributed by atoms with Crippen LogP contribution in [-0.4, -0.2) is 0 Å². The predicted molar refractivity (Wildman–Crippen MR) is 88.3 cm³/mol. The first-order chi connectivity index (χ1) is 9.78. The van der Waals surface area contributed by atoms with E-state index in [9.17, 15) is 0 Å². The maximum atomic E-state index is 8.68. The fraction of sp³-hybridized carbons (Fsp3) is 0.278. The highest BCUT2D eigenvalue weighted by molar-refractivity contribution is 5.60. The summed E-state index contributed by atoms with van der Waals surface area (Å²) < 4.78 is 0. The summed E-state index contributed by atoms with van der Waals surface area (Å²) in [5, 5.41) is 12.0. The fourth-order valence-electron chi connectivity index (χ4n) is 1.43. The van der Waals surface area contributed by atoms with Crippen LogP contribution in [0.25, 0.3) is 0 Å². The Hall–Kier alpha value is -2.27. The van der Waals surface area contributed by atoms with E-state index in [2.05, 4.69) is 30.4 Å². The van der Waals surface area contributed by atoms with Gasteiger partial charge in [0, 0.05) is 11.4 Å². The average Bonchev–Trinajstić information content (AvgIpc) is 2.54.